The first-order valence-electron chi connectivity index (χ1n) is 16.0. The van der Waals surface area contributed by atoms with Crippen LogP contribution >= 0.6 is 0 Å². The summed E-state index contributed by atoms with van der Waals surface area (Å²) in [5.74, 6) is -66.0. The van der Waals surface area contributed by atoms with E-state index < -0.39 is 93.3 Å². The molecule has 2 nitrogen and oxygen atoms in total. The van der Waals surface area contributed by atoms with Gasteiger partial charge < -0.3 is 11.5 Å². The second kappa shape index (κ2) is 14.0. The minimum absolute atomic E-state index is 0.0651. The molecule has 2 aromatic carbocycles. The maximum absolute atomic E-state index is 15.4. The fourth-order valence-electron chi connectivity index (χ4n) is 5.52. The molecule has 0 bridgehead atoms. The van der Waals surface area contributed by atoms with Crippen LogP contribution in [0.25, 0.3) is 0 Å². The molecule has 2 atom stereocenters. The second-order valence-corrected chi connectivity index (χ2v) is 13.7. The summed E-state index contributed by atoms with van der Waals surface area (Å²) in [6.07, 6.45) is 0.130. The van der Waals surface area contributed by atoms with Crippen molar-refractivity contribution in [3.8, 4) is 0 Å². The van der Waals surface area contributed by atoms with Crippen molar-refractivity contribution in [3.05, 3.63) is 57.6 Å². The van der Waals surface area contributed by atoms with Crippen LogP contribution in [0.2, 0.25) is 0 Å². The lowest BCUT2D eigenvalue weighted by atomic mass is 9.82. The van der Waals surface area contributed by atoms with Crippen LogP contribution in [0.5, 0.6) is 0 Å². The number of benzene rings is 2. The quantitative estimate of drug-likeness (QED) is 0.140. The Kier molecular flexibility index (Phi) is 12.1. The largest absolute Gasteiger partial charge is 0.398 e. The van der Waals surface area contributed by atoms with Gasteiger partial charge in [0.15, 0.2) is 0 Å². The smallest absolute Gasteiger partial charge is 0.385 e. The van der Waals surface area contributed by atoms with Crippen LogP contribution in [0.1, 0.15) is 125 Å². The van der Waals surface area contributed by atoms with E-state index in [9.17, 15) is 35.1 Å². The topological polar surface area (TPSA) is 52.0 Å². The van der Waals surface area contributed by atoms with Crippen LogP contribution in [0.3, 0.4) is 0 Å². The summed E-state index contributed by atoms with van der Waals surface area (Å²) in [4.78, 5) is 0. The molecule has 2 aromatic rings. The molecule has 0 fully saturated rings. The molecule has 0 aliphatic heterocycles. The van der Waals surface area contributed by atoms with E-state index in [1.807, 2.05) is 0 Å². The van der Waals surface area contributed by atoms with Crippen LogP contribution in [-0.2, 0) is 11.8 Å². The molecule has 0 aliphatic rings. The fraction of sp³-hybridized carbons (Fsp3) is 0.647. The predicted molar refractivity (Wildman–Crippen MR) is 165 cm³/mol. The van der Waals surface area contributed by atoms with Gasteiger partial charge in [0, 0.05) is 22.5 Å². The molecule has 298 valence electrons. The van der Waals surface area contributed by atoms with Crippen LogP contribution < -0.4 is 11.5 Å². The first-order chi connectivity index (χ1) is 23.1. The van der Waals surface area contributed by atoms with Crippen molar-refractivity contribution in [3.63, 3.8) is 0 Å². The summed E-state index contributed by atoms with van der Waals surface area (Å²) in [5.41, 5.74) is 5.26. The van der Waals surface area contributed by atoms with Crippen molar-refractivity contribution in [2.24, 2.45) is 0 Å². The van der Waals surface area contributed by atoms with Gasteiger partial charge >= 0.3 is 47.4 Å². The van der Waals surface area contributed by atoms with Gasteiger partial charge in [-0.15, -0.1) is 0 Å². The van der Waals surface area contributed by atoms with E-state index in [0.717, 1.165) is 0 Å². The van der Waals surface area contributed by atoms with Gasteiger partial charge in [-0.2, -0.15) is 70.2 Å². The van der Waals surface area contributed by atoms with E-state index in [-0.39, 0.29) is 59.6 Å². The molecular formula is C34H40F16N2. The molecule has 52 heavy (non-hydrogen) atoms. The van der Waals surface area contributed by atoms with Crippen LogP contribution in [0, 0.1) is 0 Å². The van der Waals surface area contributed by atoms with E-state index in [1.54, 1.807) is 0 Å². The van der Waals surface area contributed by atoms with Crippen molar-refractivity contribution in [1.82, 2.24) is 0 Å². The van der Waals surface area contributed by atoms with Gasteiger partial charge in [0.1, 0.15) is 0 Å². The lowest BCUT2D eigenvalue weighted by Crippen LogP contribution is -2.74. The molecule has 0 amide bonds. The van der Waals surface area contributed by atoms with Crippen LogP contribution in [0.4, 0.5) is 81.6 Å². The number of nitrogen functional groups attached to an aromatic ring is 2. The Morgan fingerprint density at radius 1 is 0.404 bits per heavy atom. The monoisotopic (exact) mass is 780 g/mol. The van der Waals surface area contributed by atoms with Crippen molar-refractivity contribution >= 4 is 11.4 Å². The highest BCUT2D eigenvalue weighted by atomic mass is 19.4. The van der Waals surface area contributed by atoms with Gasteiger partial charge in [0.05, 0.1) is 0 Å². The zero-order chi connectivity index (χ0) is 41.2. The molecular weight excluding hydrogens is 740 g/mol. The summed E-state index contributed by atoms with van der Waals surface area (Å²) < 4.78 is 241. The number of hydrogen-bond donors (Lipinski definition) is 2. The molecule has 0 aromatic heterocycles. The Labute approximate surface area is 290 Å². The van der Waals surface area contributed by atoms with Gasteiger partial charge in [-0.1, -0.05) is 55.4 Å². The molecule has 2 unspecified atom stereocenters. The number of nitrogens with two attached hydrogens (primary N) is 2. The van der Waals surface area contributed by atoms with Crippen molar-refractivity contribution in [2.75, 3.05) is 11.5 Å². The van der Waals surface area contributed by atoms with Crippen LogP contribution in [0.15, 0.2) is 24.3 Å². The van der Waals surface area contributed by atoms with Gasteiger partial charge in [-0.25, -0.2) is 0 Å². The Hall–Kier alpha value is -3.08. The molecule has 0 spiro atoms. The number of hydrogen-bond acceptors (Lipinski definition) is 2. The fourth-order valence-corrected chi connectivity index (χ4v) is 5.52. The average molecular weight is 781 g/mol. The van der Waals surface area contributed by atoms with E-state index in [0.29, 0.717) is 0 Å². The number of rotatable bonds is 15. The van der Waals surface area contributed by atoms with E-state index in [4.69, 9.17) is 11.5 Å². The molecule has 4 N–H and O–H groups in total. The maximum Gasteiger partial charge on any atom is 0.385 e. The molecule has 0 saturated heterocycles. The van der Waals surface area contributed by atoms with Gasteiger partial charge in [-0.3, -0.25) is 0 Å². The highest BCUT2D eigenvalue weighted by molar-refractivity contribution is 5.60. The van der Waals surface area contributed by atoms with E-state index >= 15 is 35.1 Å². The average Bonchev–Trinajstić information content (AvgIpc) is 3.02. The SMILES string of the molecule is CCC(C)c1cc(C(F)(F)C(F)(F)C(F)(F)C(F)(F)C(F)(F)C(F)(F)C(F)(F)C(F)(F)c2cc(C(C)C)c(N)c(C(C)CC)c2)cc(C(C)C)c1N. The standard InChI is InChI=1S/C34H40F16N2/c1-9-17(7)23-13-19(11-21(15(3)4)25(23)51)27(35,36)29(39,40)31(43,44)33(47,48)34(49,50)32(45,46)30(41,42)28(37,38)20-12-22(16(5)6)26(52)24(14-20)18(8)10-2/h11-18H,9-10,51-52H2,1-8H3. The first kappa shape index (κ1) is 45.1. The van der Waals surface area contributed by atoms with Crippen molar-refractivity contribution in [1.29, 1.82) is 0 Å². The molecule has 0 saturated carbocycles. The lowest BCUT2D eigenvalue weighted by molar-refractivity contribution is -0.456. The van der Waals surface area contributed by atoms with Gasteiger partial charge in [-0.05, 0) is 83.0 Å². The maximum atomic E-state index is 15.4. The second-order valence-electron chi connectivity index (χ2n) is 13.7. The minimum Gasteiger partial charge on any atom is -0.398 e. The predicted octanol–water partition coefficient (Wildman–Crippen LogP) is 12.8. The highest BCUT2D eigenvalue weighted by Crippen LogP contribution is 2.66. The van der Waals surface area contributed by atoms with Crippen molar-refractivity contribution in [2.45, 2.75) is 139 Å². The Morgan fingerprint density at radius 2 is 0.615 bits per heavy atom. The summed E-state index contributed by atoms with van der Waals surface area (Å²) >= 11 is 0. The first-order valence-corrected chi connectivity index (χ1v) is 16.0. The number of anilines is 2. The molecule has 18 heteroatoms. The summed E-state index contributed by atoms with van der Waals surface area (Å²) in [7, 11) is 0. The Morgan fingerprint density at radius 3 is 0.827 bits per heavy atom. The summed E-state index contributed by atoms with van der Waals surface area (Å²) in [5, 5.41) is 0. The molecule has 0 radical (unpaired) electrons. The zero-order valence-corrected chi connectivity index (χ0v) is 29.2. The third-order valence-corrected chi connectivity index (χ3v) is 9.50. The molecule has 2 rings (SSSR count). The summed E-state index contributed by atoms with van der Waals surface area (Å²) in [6.45, 7) is 10.6. The third kappa shape index (κ3) is 6.44. The Bertz CT molecular complexity index is 1480. The zero-order valence-electron chi connectivity index (χ0n) is 29.2. The number of halogens is 16. The lowest BCUT2D eigenvalue weighted by Gasteiger charge is -2.44. The van der Waals surface area contributed by atoms with Crippen molar-refractivity contribution < 1.29 is 70.2 Å². The van der Waals surface area contributed by atoms with Gasteiger partial charge in [0.2, 0.25) is 0 Å². The van der Waals surface area contributed by atoms with Gasteiger partial charge in [0.25, 0.3) is 0 Å². The Balaban J connectivity index is 2.85. The molecule has 0 aliphatic carbocycles. The molecule has 0 heterocycles. The minimum atomic E-state index is -8.55. The van der Waals surface area contributed by atoms with E-state index in [2.05, 4.69) is 0 Å². The normalized spacial score (nSPS) is 15.8. The van der Waals surface area contributed by atoms with E-state index in [1.165, 1.54) is 55.4 Å². The highest BCUT2D eigenvalue weighted by Gasteiger charge is 2.95. The number of alkyl halides is 16. The third-order valence-electron chi connectivity index (χ3n) is 9.50. The van der Waals surface area contributed by atoms with Crippen LogP contribution in [-0.4, -0.2) is 35.5 Å². The summed E-state index contributed by atoms with van der Waals surface area (Å²) in [6, 6.07) is 0.373.